The van der Waals surface area contributed by atoms with Gasteiger partial charge in [0.2, 0.25) is 0 Å². The minimum atomic E-state index is -0.335. The van der Waals surface area contributed by atoms with Gasteiger partial charge in [-0.1, -0.05) is 65.7 Å². The summed E-state index contributed by atoms with van der Waals surface area (Å²) in [7, 11) is 0. The van der Waals surface area contributed by atoms with Crippen molar-refractivity contribution < 1.29 is 4.39 Å². The normalized spacial score (nSPS) is 10.9. The van der Waals surface area contributed by atoms with E-state index in [0.29, 0.717) is 29.8 Å². The van der Waals surface area contributed by atoms with E-state index in [-0.39, 0.29) is 5.82 Å². The van der Waals surface area contributed by atoms with E-state index in [2.05, 4.69) is 65.9 Å². The molecule has 0 saturated heterocycles. The van der Waals surface area contributed by atoms with Gasteiger partial charge in [0.05, 0.1) is 6.54 Å². The van der Waals surface area contributed by atoms with Gasteiger partial charge in [0.15, 0.2) is 5.11 Å². The Balaban J connectivity index is 1.60. The average molecular weight is 506 g/mol. The van der Waals surface area contributed by atoms with Crippen LogP contribution in [0, 0.1) is 26.6 Å². The standard InChI is InChI=1S/C29H29ClFN3S/c1-20-14-21(2)28(22(3)15-20)32-29(35)34(17-23-8-5-4-6-9-23)19-26-10-7-13-33(26)18-24-11-12-25(31)16-27(24)30/h4-16H,17-19H2,1-3H3,(H,32,35). The Morgan fingerprint density at radius 3 is 2.34 bits per heavy atom. The molecule has 0 amide bonds. The van der Waals surface area contributed by atoms with Crippen LogP contribution in [0.4, 0.5) is 10.1 Å². The van der Waals surface area contributed by atoms with Gasteiger partial charge in [-0.3, -0.25) is 0 Å². The summed E-state index contributed by atoms with van der Waals surface area (Å²) in [6.45, 7) is 8.13. The van der Waals surface area contributed by atoms with E-state index in [1.165, 1.54) is 34.4 Å². The predicted octanol–water partition coefficient (Wildman–Crippen LogP) is 7.65. The van der Waals surface area contributed by atoms with E-state index in [1.54, 1.807) is 6.07 Å². The molecule has 35 heavy (non-hydrogen) atoms. The first-order valence-electron chi connectivity index (χ1n) is 11.6. The number of halogens is 2. The molecule has 0 spiro atoms. The maximum atomic E-state index is 13.5. The van der Waals surface area contributed by atoms with E-state index >= 15 is 0 Å². The van der Waals surface area contributed by atoms with Gasteiger partial charge in [0.1, 0.15) is 5.82 Å². The third-order valence-electron chi connectivity index (χ3n) is 6.04. The van der Waals surface area contributed by atoms with Gasteiger partial charge in [-0.25, -0.2) is 4.39 Å². The number of hydrogen-bond acceptors (Lipinski definition) is 1. The summed E-state index contributed by atoms with van der Waals surface area (Å²) in [6.07, 6.45) is 2.01. The third kappa shape index (κ3) is 6.30. The van der Waals surface area contributed by atoms with E-state index in [0.717, 1.165) is 16.9 Å². The average Bonchev–Trinajstić information content (AvgIpc) is 3.24. The highest BCUT2D eigenvalue weighted by Crippen LogP contribution is 2.24. The molecule has 0 atom stereocenters. The lowest BCUT2D eigenvalue weighted by Gasteiger charge is -2.28. The molecular formula is C29H29ClFN3S. The molecule has 0 aliphatic rings. The van der Waals surface area contributed by atoms with Crippen LogP contribution in [0.15, 0.2) is 79.0 Å². The highest BCUT2D eigenvalue weighted by atomic mass is 35.5. The minimum Gasteiger partial charge on any atom is -0.345 e. The lowest BCUT2D eigenvalue weighted by molar-refractivity contribution is 0.399. The first-order chi connectivity index (χ1) is 16.8. The molecule has 3 nitrogen and oxygen atoms in total. The first-order valence-corrected chi connectivity index (χ1v) is 12.3. The van der Waals surface area contributed by atoms with E-state index < -0.39 is 0 Å². The SMILES string of the molecule is Cc1cc(C)c(NC(=S)N(Cc2ccccc2)Cc2cccn2Cc2ccc(F)cc2Cl)c(C)c1. The van der Waals surface area contributed by atoms with Crippen molar-refractivity contribution in [2.45, 2.75) is 40.4 Å². The van der Waals surface area contributed by atoms with Crippen molar-refractivity contribution in [3.05, 3.63) is 123 Å². The number of hydrogen-bond donors (Lipinski definition) is 1. The van der Waals surface area contributed by atoms with E-state index in [4.69, 9.17) is 23.8 Å². The fraction of sp³-hybridized carbons (Fsp3) is 0.207. The van der Waals surface area contributed by atoms with Crippen molar-refractivity contribution in [1.82, 2.24) is 9.47 Å². The Bertz CT molecular complexity index is 1310. The molecule has 4 rings (SSSR count). The number of rotatable bonds is 7. The first kappa shape index (κ1) is 25.0. The highest BCUT2D eigenvalue weighted by Gasteiger charge is 2.16. The van der Waals surface area contributed by atoms with Crippen LogP contribution >= 0.6 is 23.8 Å². The number of nitrogens with zero attached hydrogens (tertiary/aromatic N) is 2. The summed E-state index contributed by atoms with van der Waals surface area (Å²) in [5.74, 6) is -0.335. The fourth-order valence-corrected chi connectivity index (χ4v) is 4.80. The van der Waals surface area contributed by atoms with Gasteiger partial charge < -0.3 is 14.8 Å². The summed E-state index contributed by atoms with van der Waals surface area (Å²) in [4.78, 5) is 2.17. The number of thiocarbonyl (C=S) groups is 1. The largest absolute Gasteiger partial charge is 0.345 e. The molecule has 0 aliphatic carbocycles. The smallest absolute Gasteiger partial charge is 0.174 e. The molecule has 0 fully saturated rings. The van der Waals surface area contributed by atoms with Gasteiger partial charge in [0.25, 0.3) is 0 Å². The number of anilines is 1. The Kier molecular flexibility index (Phi) is 7.89. The van der Waals surface area contributed by atoms with Crippen LogP contribution in [0.25, 0.3) is 0 Å². The van der Waals surface area contributed by atoms with Crippen molar-refractivity contribution in [3.63, 3.8) is 0 Å². The molecule has 1 heterocycles. The Labute approximate surface area is 217 Å². The quantitative estimate of drug-likeness (QED) is 0.260. The summed E-state index contributed by atoms with van der Waals surface area (Å²) in [5.41, 5.74) is 7.74. The summed E-state index contributed by atoms with van der Waals surface area (Å²) >= 11 is 12.2. The third-order valence-corrected chi connectivity index (χ3v) is 6.76. The van der Waals surface area contributed by atoms with Gasteiger partial charge in [-0.2, -0.15) is 0 Å². The van der Waals surface area contributed by atoms with Crippen LogP contribution in [-0.2, 0) is 19.6 Å². The maximum absolute atomic E-state index is 13.5. The van der Waals surface area contributed by atoms with Crippen LogP contribution < -0.4 is 5.32 Å². The molecule has 0 bridgehead atoms. The van der Waals surface area contributed by atoms with Gasteiger partial charge in [-0.05, 0) is 79.5 Å². The molecule has 0 aliphatic heterocycles. The van der Waals surface area contributed by atoms with Gasteiger partial charge in [-0.15, -0.1) is 0 Å². The molecule has 1 aromatic heterocycles. The van der Waals surface area contributed by atoms with Crippen LogP contribution in [0.5, 0.6) is 0 Å². The zero-order chi connectivity index (χ0) is 24.9. The number of aromatic nitrogens is 1. The molecule has 4 aromatic rings. The Morgan fingerprint density at radius 1 is 0.943 bits per heavy atom. The molecule has 0 unspecified atom stereocenters. The maximum Gasteiger partial charge on any atom is 0.174 e. The van der Waals surface area contributed by atoms with Gasteiger partial charge >= 0.3 is 0 Å². The second-order valence-corrected chi connectivity index (χ2v) is 9.70. The van der Waals surface area contributed by atoms with Crippen molar-refractivity contribution in [1.29, 1.82) is 0 Å². The number of aryl methyl sites for hydroxylation is 3. The number of benzene rings is 3. The van der Waals surface area contributed by atoms with Crippen molar-refractivity contribution in [2.24, 2.45) is 0 Å². The highest BCUT2D eigenvalue weighted by molar-refractivity contribution is 7.80. The van der Waals surface area contributed by atoms with Crippen LogP contribution in [0.1, 0.15) is 33.5 Å². The second kappa shape index (κ2) is 11.1. The van der Waals surface area contributed by atoms with Crippen LogP contribution in [0.3, 0.4) is 0 Å². The van der Waals surface area contributed by atoms with E-state index in [9.17, 15) is 4.39 Å². The fourth-order valence-electron chi connectivity index (χ4n) is 4.34. The molecular weight excluding hydrogens is 477 g/mol. The zero-order valence-electron chi connectivity index (χ0n) is 20.2. The molecule has 6 heteroatoms. The second-order valence-electron chi connectivity index (χ2n) is 8.91. The van der Waals surface area contributed by atoms with Crippen molar-refractivity contribution in [3.8, 4) is 0 Å². The molecule has 0 radical (unpaired) electrons. The van der Waals surface area contributed by atoms with Gasteiger partial charge in [0, 0.05) is 35.7 Å². The lowest BCUT2D eigenvalue weighted by Crippen LogP contribution is -2.35. The minimum absolute atomic E-state index is 0.335. The van der Waals surface area contributed by atoms with E-state index in [1.807, 2.05) is 30.5 Å². The topological polar surface area (TPSA) is 20.2 Å². The summed E-state index contributed by atoms with van der Waals surface area (Å²) < 4.78 is 15.6. The Morgan fingerprint density at radius 2 is 1.66 bits per heavy atom. The zero-order valence-corrected chi connectivity index (χ0v) is 21.8. The molecule has 0 saturated carbocycles. The van der Waals surface area contributed by atoms with Crippen molar-refractivity contribution >= 4 is 34.6 Å². The monoisotopic (exact) mass is 505 g/mol. The summed E-state index contributed by atoms with van der Waals surface area (Å²) in [5, 5.41) is 4.60. The van der Waals surface area contributed by atoms with Crippen LogP contribution in [0.2, 0.25) is 5.02 Å². The molecule has 1 N–H and O–H groups in total. The molecule has 3 aromatic carbocycles. The molecule has 180 valence electrons. The van der Waals surface area contributed by atoms with Crippen molar-refractivity contribution in [2.75, 3.05) is 5.32 Å². The summed E-state index contributed by atoms with van der Waals surface area (Å²) in [6, 6.07) is 23.3. The lowest BCUT2D eigenvalue weighted by atomic mass is 10.1. The Hall–Kier alpha value is -3.15. The predicted molar refractivity (Wildman–Crippen MR) is 148 cm³/mol. The number of nitrogens with one attached hydrogen (secondary N) is 1. The van der Waals surface area contributed by atoms with Crippen LogP contribution in [-0.4, -0.2) is 14.6 Å².